The Morgan fingerprint density at radius 3 is 2.78 bits per heavy atom. The van der Waals surface area contributed by atoms with Gasteiger partial charge < -0.3 is 9.80 Å². The molecule has 2 aromatic rings. The second kappa shape index (κ2) is 6.41. The summed E-state index contributed by atoms with van der Waals surface area (Å²) in [7, 11) is 3.89. The zero-order chi connectivity index (χ0) is 16.4. The van der Waals surface area contributed by atoms with E-state index in [1.165, 1.54) is 11.1 Å². The van der Waals surface area contributed by atoms with E-state index in [2.05, 4.69) is 36.2 Å². The fourth-order valence-electron chi connectivity index (χ4n) is 3.15. The molecule has 23 heavy (non-hydrogen) atoms. The first kappa shape index (κ1) is 15.5. The number of benzene rings is 1. The molecule has 0 unspecified atom stereocenters. The molecule has 0 saturated carbocycles. The van der Waals surface area contributed by atoms with Crippen LogP contribution in [0.1, 0.15) is 21.5 Å². The van der Waals surface area contributed by atoms with Gasteiger partial charge in [0.15, 0.2) is 0 Å². The summed E-state index contributed by atoms with van der Waals surface area (Å²) in [6.07, 6.45) is 4.44. The van der Waals surface area contributed by atoms with Gasteiger partial charge in [-0.05, 0) is 30.9 Å². The van der Waals surface area contributed by atoms with Crippen molar-refractivity contribution in [3.63, 3.8) is 0 Å². The number of carbonyl (C=O) groups excluding carboxylic acids is 1. The van der Waals surface area contributed by atoms with Gasteiger partial charge in [0, 0.05) is 39.6 Å². The number of pyridine rings is 1. The number of rotatable bonds is 4. The highest BCUT2D eigenvalue weighted by Gasteiger charge is 2.32. The van der Waals surface area contributed by atoms with E-state index in [4.69, 9.17) is 0 Å². The smallest absolute Gasteiger partial charge is 0.257 e. The van der Waals surface area contributed by atoms with Crippen molar-refractivity contribution in [2.45, 2.75) is 13.3 Å². The van der Waals surface area contributed by atoms with E-state index in [0.29, 0.717) is 11.5 Å². The predicted octanol–water partition coefficient (Wildman–Crippen LogP) is 2.77. The minimum atomic E-state index is 0.0855. The first-order chi connectivity index (χ1) is 11.0. The van der Waals surface area contributed by atoms with E-state index < -0.39 is 0 Å². The van der Waals surface area contributed by atoms with E-state index in [1.54, 1.807) is 12.4 Å². The third-order valence-electron chi connectivity index (χ3n) is 4.36. The van der Waals surface area contributed by atoms with Gasteiger partial charge in [0.25, 0.3) is 5.91 Å². The number of likely N-dealkylation sites (tertiary alicyclic amines) is 1. The van der Waals surface area contributed by atoms with Gasteiger partial charge in [-0.2, -0.15) is 0 Å². The average Bonchev–Trinajstić information content (AvgIpc) is 2.50. The number of hydrogen-bond acceptors (Lipinski definition) is 3. The molecule has 0 atom stereocenters. The van der Waals surface area contributed by atoms with Gasteiger partial charge in [-0.1, -0.05) is 29.8 Å². The van der Waals surface area contributed by atoms with Crippen molar-refractivity contribution in [1.29, 1.82) is 0 Å². The Balaban J connectivity index is 1.62. The number of hydrogen-bond donors (Lipinski definition) is 0. The van der Waals surface area contributed by atoms with Crippen LogP contribution < -0.4 is 4.90 Å². The molecule has 4 nitrogen and oxygen atoms in total. The van der Waals surface area contributed by atoms with Crippen LogP contribution in [0.15, 0.2) is 42.7 Å². The number of aryl methyl sites for hydroxylation is 1. The molecular formula is C19H23N3O. The first-order valence-corrected chi connectivity index (χ1v) is 8.00. The zero-order valence-corrected chi connectivity index (χ0v) is 14.0. The number of aromatic nitrogens is 1. The van der Waals surface area contributed by atoms with Crippen molar-refractivity contribution in [2.75, 3.05) is 32.1 Å². The molecule has 2 heterocycles. The molecule has 0 aliphatic carbocycles. The van der Waals surface area contributed by atoms with Crippen LogP contribution >= 0.6 is 0 Å². The Bertz CT molecular complexity index is 705. The van der Waals surface area contributed by atoms with Gasteiger partial charge >= 0.3 is 0 Å². The number of nitrogens with zero attached hydrogens (tertiary/aromatic N) is 3. The second-order valence-electron chi connectivity index (χ2n) is 6.56. The molecule has 4 heteroatoms. The van der Waals surface area contributed by atoms with Crippen LogP contribution in [-0.2, 0) is 6.42 Å². The SMILES string of the molecule is Cc1cccc(CC2CN(C(=O)c3cnccc3N(C)C)C2)c1. The second-order valence-corrected chi connectivity index (χ2v) is 6.56. The molecule has 1 amide bonds. The Morgan fingerprint density at radius 2 is 2.09 bits per heavy atom. The van der Waals surface area contributed by atoms with E-state index >= 15 is 0 Å². The van der Waals surface area contributed by atoms with Crippen molar-refractivity contribution >= 4 is 11.6 Å². The fourth-order valence-corrected chi connectivity index (χ4v) is 3.15. The maximum Gasteiger partial charge on any atom is 0.257 e. The minimum Gasteiger partial charge on any atom is -0.377 e. The van der Waals surface area contributed by atoms with Gasteiger partial charge in [0.1, 0.15) is 0 Å². The summed E-state index contributed by atoms with van der Waals surface area (Å²) < 4.78 is 0. The Kier molecular flexibility index (Phi) is 4.33. The fraction of sp³-hybridized carbons (Fsp3) is 0.368. The lowest BCUT2D eigenvalue weighted by atomic mass is 9.91. The standard InChI is InChI=1S/C19H23N3O/c1-14-5-4-6-15(9-14)10-16-12-22(13-16)19(23)17-11-20-8-7-18(17)21(2)3/h4-9,11,16H,10,12-13H2,1-3H3. The molecule has 3 rings (SSSR count). The van der Waals surface area contributed by atoms with Crippen molar-refractivity contribution < 1.29 is 4.79 Å². The maximum atomic E-state index is 12.7. The third kappa shape index (κ3) is 3.36. The lowest BCUT2D eigenvalue weighted by molar-refractivity contribution is 0.0501. The molecular weight excluding hydrogens is 286 g/mol. The first-order valence-electron chi connectivity index (χ1n) is 8.00. The molecule has 0 bridgehead atoms. The van der Waals surface area contributed by atoms with Gasteiger partial charge in [-0.25, -0.2) is 0 Å². The summed E-state index contributed by atoms with van der Waals surface area (Å²) in [5.74, 6) is 0.641. The predicted molar refractivity (Wildman–Crippen MR) is 92.8 cm³/mol. The third-order valence-corrected chi connectivity index (χ3v) is 4.36. The van der Waals surface area contributed by atoms with Crippen LogP contribution in [0.25, 0.3) is 0 Å². The molecule has 1 fully saturated rings. The van der Waals surface area contributed by atoms with Crippen molar-refractivity contribution in [1.82, 2.24) is 9.88 Å². The van der Waals surface area contributed by atoms with Crippen LogP contribution in [0, 0.1) is 12.8 Å². The van der Waals surface area contributed by atoms with Crippen molar-refractivity contribution in [2.24, 2.45) is 5.92 Å². The molecule has 1 aromatic carbocycles. The zero-order valence-electron chi connectivity index (χ0n) is 14.0. The van der Waals surface area contributed by atoms with Crippen LogP contribution in [-0.4, -0.2) is 43.0 Å². The quantitative estimate of drug-likeness (QED) is 0.871. The van der Waals surface area contributed by atoms with Gasteiger partial charge in [-0.15, -0.1) is 0 Å². The van der Waals surface area contributed by atoms with E-state index in [9.17, 15) is 4.79 Å². The Labute approximate surface area is 137 Å². The number of amides is 1. The summed E-state index contributed by atoms with van der Waals surface area (Å²) in [4.78, 5) is 20.7. The van der Waals surface area contributed by atoms with Crippen LogP contribution in [0.3, 0.4) is 0 Å². The summed E-state index contributed by atoms with van der Waals surface area (Å²) in [6, 6.07) is 10.5. The molecule has 1 aliphatic rings. The van der Waals surface area contributed by atoms with E-state index in [0.717, 1.165) is 25.2 Å². The van der Waals surface area contributed by atoms with E-state index in [1.807, 2.05) is 30.0 Å². The van der Waals surface area contributed by atoms with E-state index in [-0.39, 0.29) is 5.91 Å². The molecule has 1 aromatic heterocycles. The summed E-state index contributed by atoms with van der Waals surface area (Å²) in [5.41, 5.74) is 4.26. The van der Waals surface area contributed by atoms with Gasteiger partial charge in [0.05, 0.1) is 11.3 Å². The number of anilines is 1. The average molecular weight is 309 g/mol. The molecule has 0 N–H and O–H groups in total. The van der Waals surface area contributed by atoms with Crippen LogP contribution in [0.2, 0.25) is 0 Å². The molecule has 120 valence electrons. The van der Waals surface area contributed by atoms with Crippen LogP contribution in [0.4, 0.5) is 5.69 Å². The largest absolute Gasteiger partial charge is 0.377 e. The lowest BCUT2D eigenvalue weighted by Gasteiger charge is -2.40. The van der Waals surface area contributed by atoms with Crippen LogP contribution in [0.5, 0.6) is 0 Å². The molecule has 0 radical (unpaired) electrons. The van der Waals surface area contributed by atoms with Crippen molar-refractivity contribution in [3.8, 4) is 0 Å². The highest BCUT2D eigenvalue weighted by atomic mass is 16.2. The van der Waals surface area contributed by atoms with Gasteiger partial charge in [0.2, 0.25) is 0 Å². The summed E-state index contributed by atoms with van der Waals surface area (Å²) >= 11 is 0. The maximum absolute atomic E-state index is 12.7. The minimum absolute atomic E-state index is 0.0855. The summed E-state index contributed by atoms with van der Waals surface area (Å²) in [5, 5.41) is 0. The highest BCUT2D eigenvalue weighted by Crippen LogP contribution is 2.26. The molecule has 1 saturated heterocycles. The normalized spacial score (nSPS) is 14.5. The van der Waals surface area contributed by atoms with Crippen molar-refractivity contribution in [3.05, 3.63) is 59.4 Å². The Morgan fingerprint density at radius 1 is 1.30 bits per heavy atom. The topological polar surface area (TPSA) is 36.4 Å². The number of carbonyl (C=O) groups is 1. The Hall–Kier alpha value is -2.36. The lowest BCUT2D eigenvalue weighted by Crippen LogP contribution is -2.51. The molecule has 1 aliphatic heterocycles. The highest BCUT2D eigenvalue weighted by molar-refractivity contribution is 5.99. The van der Waals surface area contributed by atoms with Gasteiger partial charge in [-0.3, -0.25) is 9.78 Å². The summed E-state index contributed by atoms with van der Waals surface area (Å²) in [6.45, 7) is 3.77. The monoisotopic (exact) mass is 309 g/mol. The molecule has 0 spiro atoms.